The molecule has 0 N–H and O–H groups in total. The second kappa shape index (κ2) is 4.92. The van der Waals surface area contributed by atoms with Crippen molar-refractivity contribution < 1.29 is 4.74 Å². The van der Waals surface area contributed by atoms with Gasteiger partial charge in [-0.05, 0) is 49.2 Å². The molecule has 1 aromatic carbocycles. The number of aryl methyl sites for hydroxylation is 1. The van der Waals surface area contributed by atoms with Crippen LogP contribution in [0.2, 0.25) is 0 Å². The molecular weight excluding hydrogens is 236 g/mol. The number of hydrogen-bond donors (Lipinski definition) is 0. The Morgan fingerprint density at radius 3 is 2.63 bits per heavy atom. The molecule has 1 aromatic heterocycles. The standard InChI is InChI=1S/C16H18N2O/c1-18-11-3-4-15-16(18)10-9-14(17-15)12-5-7-13(19-2)8-6-12/h5-10H,3-4,11H2,1-2H3. The molecule has 1 aliphatic rings. The van der Waals surface area contributed by atoms with Crippen LogP contribution in [0.3, 0.4) is 0 Å². The number of methoxy groups -OCH3 is 1. The molecule has 2 heterocycles. The molecule has 0 unspecified atom stereocenters. The molecule has 0 radical (unpaired) electrons. The summed E-state index contributed by atoms with van der Waals surface area (Å²) in [6, 6.07) is 12.3. The summed E-state index contributed by atoms with van der Waals surface area (Å²) < 4.78 is 5.18. The lowest BCUT2D eigenvalue weighted by atomic mass is 10.1. The molecule has 0 saturated heterocycles. The van der Waals surface area contributed by atoms with Gasteiger partial charge in [0.1, 0.15) is 5.75 Å². The van der Waals surface area contributed by atoms with Crippen molar-refractivity contribution in [2.45, 2.75) is 12.8 Å². The summed E-state index contributed by atoms with van der Waals surface area (Å²) in [6.07, 6.45) is 2.26. The van der Waals surface area contributed by atoms with Gasteiger partial charge in [-0.15, -0.1) is 0 Å². The Hall–Kier alpha value is -2.03. The fourth-order valence-electron chi connectivity index (χ4n) is 2.55. The molecule has 3 heteroatoms. The number of pyridine rings is 1. The first-order valence-electron chi connectivity index (χ1n) is 6.63. The van der Waals surface area contributed by atoms with E-state index in [0.29, 0.717) is 0 Å². The predicted molar refractivity (Wildman–Crippen MR) is 77.8 cm³/mol. The molecular formula is C16H18N2O. The molecule has 1 aliphatic heterocycles. The lowest BCUT2D eigenvalue weighted by Gasteiger charge is -2.26. The molecule has 0 atom stereocenters. The summed E-state index contributed by atoms with van der Waals surface area (Å²) in [5, 5.41) is 0. The van der Waals surface area contributed by atoms with E-state index in [2.05, 4.69) is 36.2 Å². The fourth-order valence-corrected chi connectivity index (χ4v) is 2.55. The Labute approximate surface area is 113 Å². The van der Waals surface area contributed by atoms with Crippen LogP contribution in [0.5, 0.6) is 5.75 Å². The highest BCUT2D eigenvalue weighted by Crippen LogP contribution is 2.28. The van der Waals surface area contributed by atoms with Gasteiger partial charge in [-0.3, -0.25) is 4.98 Å². The maximum absolute atomic E-state index is 5.18. The van der Waals surface area contributed by atoms with Crippen LogP contribution in [-0.2, 0) is 6.42 Å². The number of nitrogens with zero attached hydrogens (tertiary/aromatic N) is 2. The lowest BCUT2D eigenvalue weighted by molar-refractivity contribution is 0.415. The SMILES string of the molecule is COc1ccc(-c2ccc3c(n2)CCCN3C)cc1. The number of ether oxygens (including phenoxy) is 1. The van der Waals surface area contributed by atoms with E-state index in [1.54, 1.807) is 7.11 Å². The van der Waals surface area contributed by atoms with Crippen molar-refractivity contribution in [3.8, 4) is 17.0 Å². The smallest absolute Gasteiger partial charge is 0.118 e. The van der Waals surface area contributed by atoms with Gasteiger partial charge < -0.3 is 9.64 Å². The summed E-state index contributed by atoms with van der Waals surface area (Å²) in [7, 11) is 3.81. The summed E-state index contributed by atoms with van der Waals surface area (Å²) in [6.45, 7) is 1.12. The van der Waals surface area contributed by atoms with Gasteiger partial charge in [0.05, 0.1) is 24.2 Å². The number of rotatable bonds is 2. The summed E-state index contributed by atoms with van der Waals surface area (Å²) in [5.41, 5.74) is 4.65. The first-order chi connectivity index (χ1) is 9.28. The molecule has 0 amide bonds. The molecule has 3 nitrogen and oxygen atoms in total. The van der Waals surface area contributed by atoms with Gasteiger partial charge in [-0.1, -0.05) is 0 Å². The average Bonchev–Trinajstić information content (AvgIpc) is 2.47. The highest BCUT2D eigenvalue weighted by Gasteiger charge is 2.15. The van der Waals surface area contributed by atoms with Gasteiger partial charge in [-0.2, -0.15) is 0 Å². The number of aromatic nitrogens is 1. The normalized spacial score (nSPS) is 14.1. The van der Waals surface area contributed by atoms with Crippen molar-refractivity contribution in [1.29, 1.82) is 0 Å². The van der Waals surface area contributed by atoms with E-state index in [-0.39, 0.29) is 0 Å². The van der Waals surface area contributed by atoms with Crippen molar-refractivity contribution in [3.63, 3.8) is 0 Å². The Morgan fingerprint density at radius 2 is 1.89 bits per heavy atom. The van der Waals surface area contributed by atoms with Crippen LogP contribution in [0.1, 0.15) is 12.1 Å². The van der Waals surface area contributed by atoms with E-state index < -0.39 is 0 Å². The molecule has 2 aromatic rings. The van der Waals surface area contributed by atoms with Gasteiger partial charge in [0.2, 0.25) is 0 Å². The number of hydrogen-bond acceptors (Lipinski definition) is 3. The molecule has 0 spiro atoms. The van der Waals surface area contributed by atoms with Gasteiger partial charge in [-0.25, -0.2) is 0 Å². The highest BCUT2D eigenvalue weighted by molar-refractivity contribution is 5.64. The third kappa shape index (κ3) is 2.28. The predicted octanol–water partition coefficient (Wildman–Crippen LogP) is 3.14. The average molecular weight is 254 g/mol. The van der Waals surface area contributed by atoms with E-state index in [1.165, 1.54) is 17.8 Å². The van der Waals surface area contributed by atoms with Crippen LogP contribution in [0.4, 0.5) is 5.69 Å². The first-order valence-corrected chi connectivity index (χ1v) is 6.63. The first kappa shape index (κ1) is 12.0. The fraction of sp³-hybridized carbons (Fsp3) is 0.312. The summed E-state index contributed by atoms with van der Waals surface area (Å²) in [4.78, 5) is 7.09. The van der Waals surface area contributed by atoms with Crippen LogP contribution >= 0.6 is 0 Å². The van der Waals surface area contributed by atoms with Gasteiger partial charge >= 0.3 is 0 Å². The van der Waals surface area contributed by atoms with Crippen LogP contribution in [0, 0.1) is 0 Å². The molecule has 19 heavy (non-hydrogen) atoms. The second-order valence-corrected chi connectivity index (χ2v) is 4.92. The Kier molecular flexibility index (Phi) is 3.11. The van der Waals surface area contributed by atoms with Crippen molar-refractivity contribution in [2.75, 3.05) is 25.6 Å². The van der Waals surface area contributed by atoms with Crippen molar-refractivity contribution in [1.82, 2.24) is 4.98 Å². The maximum Gasteiger partial charge on any atom is 0.118 e. The molecule has 0 aliphatic carbocycles. The maximum atomic E-state index is 5.18. The summed E-state index contributed by atoms with van der Waals surface area (Å²) >= 11 is 0. The third-order valence-corrected chi connectivity index (χ3v) is 3.65. The zero-order valence-corrected chi connectivity index (χ0v) is 11.4. The van der Waals surface area contributed by atoms with E-state index >= 15 is 0 Å². The van der Waals surface area contributed by atoms with Crippen molar-refractivity contribution in [3.05, 3.63) is 42.1 Å². The van der Waals surface area contributed by atoms with Crippen molar-refractivity contribution in [2.24, 2.45) is 0 Å². The molecule has 0 bridgehead atoms. The van der Waals surface area contributed by atoms with Crippen LogP contribution in [-0.4, -0.2) is 25.7 Å². The van der Waals surface area contributed by atoms with Gasteiger partial charge in [0.25, 0.3) is 0 Å². The third-order valence-electron chi connectivity index (χ3n) is 3.65. The second-order valence-electron chi connectivity index (χ2n) is 4.92. The summed E-state index contributed by atoms with van der Waals surface area (Å²) in [5.74, 6) is 0.876. The van der Waals surface area contributed by atoms with Gasteiger partial charge in [0, 0.05) is 19.2 Å². The zero-order valence-electron chi connectivity index (χ0n) is 11.4. The minimum Gasteiger partial charge on any atom is -0.497 e. The van der Waals surface area contributed by atoms with E-state index in [1.807, 2.05) is 12.1 Å². The van der Waals surface area contributed by atoms with E-state index in [0.717, 1.165) is 30.0 Å². The molecule has 3 rings (SSSR count). The Balaban J connectivity index is 1.96. The van der Waals surface area contributed by atoms with Crippen molar-refractivity contribution >= 4 is 5.69 Å². The van der Waals surface area contributed by atoms with Crippen LogP contribution < -0.4 is 9.64 Å². The monoisotopic (exact) mass is 254 g/mol. The minimum absolute atomic E-state index is 0.876. The molecule has 0 fully saturated rings. The van der Waals surface area contributed by atoms with Crippen LogP contribution in [0.15, 0.2) is 36.4 Å². The number of benzene rings is 1. The van der Waals surface area contributed by atoms with Crippen LogP contribution in [0.25, 0.3) is 11.3 Å². The topological polar surface area (TPSA) is 25.4 Å². The minimum atomic E-state index is 0.876. The molecule has 98 valence electrons. The molecule has 0 saturated carbocycles. The number of anilines is 1. The van der Waals surface area contributed by atoms with E-state index in [9.17, 15) is 0 Å². The Morgan fingerprint density at radius 1 is 1.11 bits per heavy atom. The van der Waals surface area contributed by atoms with E-state index in [4.69, 9.17) is 9.72 Å². The van der Waals surface area contributed by atoms with Gasteiger partial charge in [0.15, 0.2) is 0 Å². The largest absolute Gasteiger partial charge is 0.497 e. The Bertz CT molecular complexity index is 578. The quantitative estimate of drug-likeness (QED) is 0.823. The highest BCUT2D eigenvalue weighted by atomic mass is 16.5. The number of fused-ring (bicyclic) bond motifs is 1. The zero-order chi connectivity index (χ0) is 13.2. The lowest BCUT2D eigenvalue weighted by Crippen LogP contribution is -2.25.